The van der Waals surface area contributed by atoms with Crippen molar-refractivity contribution in [1.29, 1.82) is 0 Å². The van der Waals surface area contributed by atoms with E-state index in [9.17, 15) is 8.42 Å². The van der Waals surface area contributed by atoms with Gasteiger partial charge in [0.1, 0.15) is 4.90 Å². The van der Waals surface area contributed by atoms with Gasteiger partial charge in [0.25, 0.3) is 0 Å². The molecular weight excluding hydrogens is 356 g/mol. The maximum absolute atomic E-state index is 12.4. The van der Waals surface area contributed by atoms with Crippen molar-refractivity contribution in [1.82, 2.24) is 19.5 Å². The number of hydrogen-bond donors (Lipinski definition) is 1. The Kier molecular flexibility index (Phi) is 4.94. The maximum atomic E-state index is 12.4. The van der Waals surface area contributed by atoms with E-state index in [4.69, 9.17) is 0 Å². The molecule has 0 radical (unpaired) electrons. The summed E-state index contributed by atoms with van der Waals surface area (Å²) >= 11 is 1.45. The largest absolute Gasteiger partial charge is 0.244 e. The summed E-state index contributed by atoms with van der Waals surface area (Å²) in [5.74, 6) is 0.292. The molecule has 1 N–H and O–H groups in total. The van der Waals surface area contributed by atoms with Gasteiger partial charge in [0.2, 0.25) is 10.0 Å². The summed E-state index contributed by atoms with van der Waals surface area (Å²) in [5.41, 5.74) is 2.53. The van der Waals surface area contributed by atoms with Gasteiger partial charge in [0.15, 0.2) is 5.82 Å². The zero-order valence-corrected chi connectivity index (χ0v) is 15.7. The van der Waals surface area contributed by atoms with Gasteiger partial charge < -0.3 is 0 Å². The molecule has 0 fully saturated rings. The van der Waals surface area contributed by atoms with Gasteiger partial charge in [-0.05, 0) is 38.4 Å². The first kappa shape index (κ1) is 17.7. The average molecular weight is 374 g/mol. The standard InChI is InChI=1S/C17H18N4O2S2/c1-12-11-14(13-7-5-4-6-8-13)20-21(12)17-15(25(22,23)18-2)9-10-16(19-17)24-3/h4-11,18H,1-3H3. The van der Waals surface area contributed by atoms with Crippen molar-refractivity contribution in [2.75, 3.05) is 13.3 Å². The van der Waals surface area contributed by atoms with Crippen molar-refractivity contribution in [2.24, 2.45) is 0 Å². The summed E-state index contributed by atoms with van der Waals surface area (Å²) in [6, 6.07) is 14.9. The Hall–Kier alpha value is -2.16. The minimum absolute atomic E-state index is 0.0959. The Balaban J connectivity index is 2.21. The molecule has 6 nitrogen and oxygen atoms in total. The number of aromatic nitrogens is 3. The minimum Gasteiger partial charge on any atom is -0.221 e. The summed E-state index contributed by atoms with van der Waals surface area (Å²) < 4.78 is 28.7. The second-order valence-corrected chi connectivity index (χ2v) is 8.01. The van der Waals surface area contributed by atoms with E-state index in [0.717, 1.165) is 22.0 Å². The molecule has 0 spiro atoms. The number of hydrogen-bond acceptors (Lipinski definition) is 5. The monoisotopic (exact) mass is 374 g/mol. The molecule has 0 aliphatic rings. The van der Waals surface area contributed by atoms with Crippen LogP contribution in [-0.2, 0) is 10.0 Å². The lowest BCUT2D eigenvalue weighted by Crippen LogP contribution is -2.21. The maximum Gasteiger partial charge on any atom is 0.244 e. The summed E-state index contributed by atoms with van der Waals surface area (Å²) in [5, 5.41) is 5.31. The zero-order valence-electron chi connectivity index (χ0n) is 14.1. The SMILES string of the molecule is CNS(=O)(=O)c1ccc(SC)nc1-n1nc(-c2ccccc2)cc1C. The first-order valence-corrected chi connectivity index (χ1v) is 10.3. The highest BCUT2D eigenvalue weighted by atomic mass is 32.2. The van der Waals surface area contributed by atoms with E-state index in [0.29, 0.717) is 5.82 Å². The Morgan fingerprint density at radius 2 is 1.84 bits per heavy atom. The van der Waals surface area contributed by atoms with Crippen LogP contribution in [0.2, 0.25) is 0 Å². The molecule has 8 heteroatoms. The Labute approximate surface area is 151 Å². The molecule has 3 aromatic rings. The lowest BCUT2D eigenvalue weighted by molar-refractivity contribution is 0.585. The van der Waals surface area contributed by atoms with E-state index in [1.807, 2.05) is 49.6 Å². The molecule has 1 aromatic carbocycles. The lowest BCUT2D eigenvalue weighted by Gasteiger charge is -2.11. The smallest absolute Gasteiger partial charge is 0.221 e. The Bertz CT molecular complexity index is 999. The predicted octanol–water partition coefficient (Wildman–Crippen LogP) is 2.87. The topological polar surface area (TPSA) is 76.9 Å². The Morgan fingerprint density at radius 3 is 2.48 bits per heavy atom. The molecule has 0 amide bonds. The first-order valence-electron chi connectivity index (χ1n) is 7.57. The van der Waals surface area contributed by atoms with Gasteiger partial charge in [-0.1, -0.05) is 30.3 Å². The highest BCUT2D eigenvalue weighted by Gasteiger charge is 2.22. The van der Waals surface area contributed by atoms with E-state index in [1.54, 1.807) is 16.8 Å². The summed E-state index contributed by atoms with van der Waals surface area (Å²) in [6.07, 6.45) is 1.89. The van der Waals surface area contributed by atoms with Crippen molar-refractivity contribution in [3.05, 3.63) is 54.2 Å². The molecular formula is C17H18N4O2S2. The van der Waals surface area contributed by atoms with Crippen LogP contribution >= 0.6 is 11.8 Å². The molecule has 0 saturated heterocycles. The van der Waals surface area contributed by atoms with E-state index in [2.05, 4.69) is 14.8 Å². The van der Waals surface area contributed by atoms with E-state index >= 15 is 0 Å². The molecule has 0 aliphatic carbocycles. The molecule has 0 atom stereocenters. The van der Waals surface area contributed by atoms with Gasteiger partial charge in [-0.15, -0.1) is 11.8 Å². The molecule has 25 heavy (non-hydrogen) atoms. The molecule has 2 heterocycles. The van der Waals surface area contributed by atoms with E-state index in [1.165, 1.54) is 18.8 Å². The number of benzene rings is 1. The normalized spacial score (nSPS) is 11.6. The number of pyridine rings is 1. The third kappa shape index (κ3) is 3.46. The van der Waals surface area contributed by atoms with Gasteiger partial charge in [0, 0.05) is 11.3 Å². The van der Waals surface area contributed by atoms with Gasteiger partial charge in [-0.25, -0.2) is 22.8 Å². The van der Waals surface area contributed by atoms with Crippen LogP contribution in [0.5, 0.6) is 0 Å². The highest BCUT2D eigenvalue weighted by molar-refractivity contribution is 7.98. The summed E-state index contributed by atoms with van der Waals surface area (Å²) in [4.78, 5) is 4.58. The zero-order chi connectivity index (χ0) is 18.0. The van der Waals surface area contributed by atoms with Gasteiger partial charge in [-0.2, -0.15) is 5.10 Å². The fourth-order valence-electron chi connectivity index (χ4n) is 2.44. The Morgan fingerprint density at radius 1 is 1.12 bits per heavy atom. The minimum atomic E-state index is -3.66. The predicted molar refractivity (Wildman–Crippen MR) is 99.6 cm³/mol. The van der Waals surface area contributed by atoms with Crippen molar-refractivity contribution in [2.45, 2.75) is 16.8 Å². The number of nitrogens with one attached hydrogen (secondary N) is 1. The van der Waals surface area contributed by atoms with Gasteiger partial charge in [0.05, 0.1) is 10.7 Å². The van der Waals surface area contributed by atoms with E-state index < -0.39 is 10.0 Å². The number of nitrogens with zero attached hydrogens (tertiary/aromatic N) is 3. The molecule has 0 bridgehead atoms. The van der Waals surface area contributed by atoms with E-state index in [-0.39, 0.29) is 4.90 Å². The third-order valence-electron chi connectivity index (χ3n) is 3.74. The summed E-state index contributed by atoms with van der Waals surface area (Å²) in [7, 11) is -2.27. The number of sulfonamides is 1. The van der Waals surface area contributed by atoms with Crippen LogP contribution in [-0.4, -0.2) is 36.5 Å². The molecule has 0 saturated carbocycles. The van der Waals surface area contributed by atoms with Gasteiger partial charge >= 0.3 is 0 Å². The van der Waals surface area contributed by atoms with Crippen molar-refractivity contribution >= 4 is 21.8 Å². The van der Waals surface area contributed by atoms with Crippen LogP contribution in [0.1, 0.15) is 5.69 Å². The van der Waals surface area contributed by atoms with Gasteiger partial charge in [-0.3, -0.25) is 0 Å². The fourth-order valence-corrected chi connectivity index (χ4v) is 3.66. The van der Waals surface area contributed by atoms with Crippen LogP contribution in [0.25, 0.3) is 17.1 Å². The molecule has 2 aromatic heterocycles. The van der Waals surface area contributed by atoms with Crippen molar-refractivity contribution < 1.29 is 8.42 Å². The number of thioether (sulfide) groups is 1. The number of rotatable bonds is 5. The first-order chi connectivity index (χ1) is 12.0. The second kappa shape index (κ2) is 6.99. The van der Waals surface area contributed by atoms with Crippen LogP contribution in [0, 0.1) is 6.92 Å². The van der Waals surface area contributed by atoms with Crippen molar-refractivity contribution in [3.63, 3.8) is 0 Å². The summed E-state index contributed by atoms with van der Waals surface area (Å²) in [6.45, 7) is 1.88. The second-order valence-electron chi connectivity index (χ2n) is 5.33. The molecule has 0 unspecified atom stereocenters. The molecule has 0 aliphatic heterocycles. The van der Waals surface area contributed by atoms with Crippen LogP contribution in [0.15, 0.2) is 58.5 Å². The quantitative estimate of drug-likeness (QED) is 0.695. The molecule has 3 rings (SSSR count). The number of aryl methyl sites for hydroxylation is 1. The fraction of sp³-hybridized carbons (Fsp3) is 0.176. The van der Waals surface area contributed by atoms with Crippen LogP contribution in [0.4, 0.5) is 0 Å². The van der Waals surface area contributed by atoms with Crippen LogP contribution in [0.3, 0.4) is 0 Å². The van der Waals surface area contributed by atoms with Crippen LogP contribution < -0.4 is 4.72 Å². The molecule has 130 valence electrons. The third-order valence-corrected chi connectivity index (χ3v) is 5.82. The van der Waals surface area contributed by atoms with Crippen molar-refractivity contribution in [3.8, 4) is 17.1 Å². The lowest BCUT2D eigenvalue weighted by atomic mass is 10.1. The highest BCUT2D eigenvalue weighted by Crippen LogP contribution is 2.26. The average Bonchev–Trinajstić information content (AvgIpc) is 3.03.